The Morgan fingerprint density at radius 3 is 2.43 bits per heavy atom. The van der Waals surface area contributed by atoms with Crippen molar-refractivity contribution in [1.29, 1.82) is 0 Å². The summed E-state index contributed by atoms with van der Waals surface area (Å²) in [6.07, 6.45) is 4.67. The van der Waals surface area contributed by atoms with E-state index in [-0.39, 0.29) is 35.2 Å². The predicted molar refractivity (Wildman–Crippen MR) is 165 cm³/mol. The summed E-state index contributed by atoms with van der Waals surface area (Å²) in [6.45, 7) is 18.1. The number of aryl methyl sites for hydroxylation is 1. The van der Waals surface area contributed by atoms with Gasteiger partial charge in [-0.15, -0.1) is 0 Å². The number of amides is 1. The highest BCUT2D eigenvalue weighted by Gasteiger charge is 2.34. The Morgan fingerprint density at radius 2 is 1.79 bits per heavy atom. The van der Waals surface area contributed by atoms with Crippen LogP contribution in [0.4, 0.5) is 10.2 Å². The van der Waals surface area contributed by atoms with Crippen molar-refractivity contribution in [3.05, 3.63) is 95.0 Å². The molecule has 4 heterocycles. The number of pyridine rings is 2. The minimum atomic E-state index is -0.544. The number of nitrogens with zero attached hydrogens (tertiary/aromatic N) is 6. The summed E-state index contributed by atoms with van der Waals surface area (Å²) in [6, 6.07) is 10.1. The highest BCUT2D eigenvalue weighted by molar-refractivity contribution is 5.92. The van der Waals surface area contributed by atoms with Gasteiger partial charge in [-0.05, 0) is 56.0 Å². The first kappa shape index (κ1) is 28.9. The third-order valence-corrected chi connectivity index (χ3v) is 7.81. The van der Waals surface area contributed by atoms with Crippen molar-refractivity contribution in [1.82, 2.24) is 24.4 Å². The van der Waals surface area contributed by atoms with Crippen molar-refractivity contribution in [2.75, 3.05) is 18.0 Å². The number of carbonyl (C=O) groups excluding carboxylic acids is 1. The average Bonchev–Trinajstić information content (AvgIpc) is 2.96. The number of rotatable bonds is 6. The second-order valence-corrected chi connectivity index (χ2v) is 11.1. The molecule has 216 valence electrons. The molecule has 1 aliphatic rings. The van der Waals surface area contributed by atoms with Crippen LogP contribution in [0.1, 0.15) is 50.4 Å². The molecule has 3 aromatic heterocycles. The molecule has 0 N–H and O–H groups in total. The molecule has 1 amide bonds. The molecule has 5 rings (SSSR count). The summed E-state index contributed by atoms with van der Waals surface area (Å²) >= 11 is 0. The number of hydrogen-bond donors (Lipinski definition) is 0. The minimum Gasteiger partial charge on any atom is -0.347 e. The quantitative estimate of drug-likeness (QED) is 0.280. The molecule has 1 aromatic carbocycles. The standard InChI is InChI=1S/C33H35FN6O2/c1-8-23-12-10-11-13-24(23)29-26(34)16-25-31(36-29)40(30-20(5)14-15-35-28(30)19(3)4)33(42)37-32(25)39-21(6)17-38(18-22(39)7)27(41)9-2/h8-16,19,21-22H,1-2,17-18H2,3-7H3/t21-,22-/m0/s1. The zero-order chi connectivity index (χ0) is 30.3. The molecule has 0 radical (unpaired) electrons. The summed E-state index contributed by atoms with van der Waals surface area (Å²) in [5, 5.41) is 0.395. The third-order valence-electron chi connectivity index (χ3n) is 7.81. The Bertz CT molecular complexity index is 1770. The Kier molecular flexibility index (Phi) is 7.77. The van der Waals surface area contributed by atoms with Crippen molar-refractivity contribution < 1.29 is 9.18 Å². The van der Waals surface area contributed by atoms with Gasteiger partial charge in [0, 0.05) is 36.9 Å². The summed E-state index contributed by atoms with van der Waals surface area (Å²) in [4.78, 5) is 44.2. The maximum Gasteiger partial charge on any atom is 0.355 e. The number of halogens is 1. The number of hydrogen-bond acceptors (Lipinski definition) is 6. The summed E-state index contributed by atoms with van der Waals surface area (Å²) < 4.78 is 17.6. The van der Waals surface area contributed by atoms with E-state index >= 15 is 4.39 Å². The molecule has 42 heavy (non-hydrogen) atoms. The smallest absolute Gasteiger partial charge is 0.347 e. The van der Waals surface area contributed by atoms with E-state index in [1.807, 2.05) is 63.8 Å². The van der Waals surface area contributed by atoms with Gasteiger partial charge >= 0.3 is 5.69 Å². The van der Waals surface area contributed by atoms with Gasteiger partial charge in [-0.2, -0.15) is 4.98 Å². The SMILES string of the molecule is C=CC(=O)N1C[C@H](C)N(c2nc(=O)n(-c3c(C)ccnc3C(C)C)c3nc(-c4ccccc4C=C)c(F)cc23)[C@@H](C)C1. The molecule has 4 aromatic rings. The molecule has 0 unspecified atom stereocenters. The topological polar surface area (TPSA) is 84.2 Å². The maximum atomic E-state index is 16.1. The first-order valence-electron chi connectivity index (χ1n) is 14.1. The van der Waals surface area contributed by atoms with Gasteiger partial charge in [-0.25, -0.2) is 18.7 Å². The van der Waals surface area contributed by atoms with Gasteiger partial charge in [0.2, 0.25) is 5.91 Å². The number of carbonyl (C=O) groups is 1. The van der Waals surface area contributed by atoms with E-state index in [4.69, 9.17) is 4.98 Å². The van der Waals surface area contributed by atoms with E-state index in [1.54, 1.807) is 23.2 Å². The van der Waals surface area contributed by atoms with E-state index in [1.165, 1.54) is 16.7 Å². The van der Waals surface area contributed by atoms with Crippen LogP contribution in [0.2, 0.25) is 0 Å². The van der Waals surface area contributed by atoms with E-state index in [2.05, 4.69) is 23.1 Å². The highest BCUT2D eigenvalue weighted by atomic mass is 19.1. The van der Waals surface area contributed by atoms with Gasteiger partial charge in [0.25, 0.3) is 0 Å². The van der Waals surface area contributed by atoms with Crippen molar-refractivity contribution in [2.45, 2.75) is 52.6 Å². The van der Waals surface area contributed by atoms with Gasteiger partial charge in [0.15, 0.2) is 5.65 Å². The van der Waals surface area contributed by atoms with Crippen LogP contribution in [0.15, 0.2) is 66.6 Å². The second-order valence-electron chi connectivity index (χ2n) is 11.1. The lowest BCUT2D eigenvalue weighted by molar-refractivity contribution is -0.127. The van der Waals surface area contributed by atoms with Crippen LogP contribution in [0.25, 0.3) is 34.1 Å². The molecule has 1 fully saturated rings. The molecule has 1 saturated heterocycles. The lowest BCUT2D eigenvalue weighted by atomic mass is 10.0. The van der Waals surface area contributed by atoms with Crippen molar-refractivity contribution in [3.63, 3.8) is 0 Å². The van der Waals surface area contributed by atoms with E-state index in [0.717, 1.165) is 11.1 Å². The van der Waals surface area contributed by atoms with Gasteiger partial charge in [0.05, 0.1) is 16.8 Å². The summed E-state index contributed by atoms with van der Waals surface area (Å²) in [7, 11) is 0. The Labute approximate surface area is 244 Å². The van der Waals surface area contributed by atoms with Crippen LogP contribution in [-0.4, -0.2) is 55.5 Å². The molecule has 8 nitrogen and oxygen atoms in total. The molecule has 0 spiro atoms. The third kappa shape index (κ3) is 4.89. The van der Waals surface area contributed by atoms with Gasteiger partial charge < -0.3 is 9.80 Å². The lowest BCUT2D eigenvalue weighted by Crippen LogP contribution is -2.58. The fraction of sp³-hybridized carbons (Fsp3) is 0.303. The van der Waals surface area contributed by atoms with Gasteiger partial charge in [-0.3, -0.25) is 9.78 Å². The lowest BCUT2D eigenvalue weighted by Gasteiger charge is -2.45. The summed E-state index contributed by atoms with van der Waals surface area (Å²) in [5.41, 5.74) is 3.26. The normalized spacial score (nSPS) is 17.1. The Morgan fingerprint density at radius 1 is 1.10 bits per heavy atom. The fourth-order valence-corrected chi connectivity index (χ4v) is 5.92. The second kappa shape index (κ2) is 11.3. The van der Waals surface area contributed by atoms with Crippen LogP contribution < -0.4 is 10.6 Å². The molecular weight excluding hydrogens is 531 g/mol. The number of fused-ring (bicyclic) bond motifs is 1. The Balaban J connectivity index is 1.85. The van der Waals surface area contributed by atoms with E-state index in [0.29, 0.717) is 41.2 Å². The van der Waals surface area contributed by atoms with Gasteiger partial charge in [-0.1, -0.05) is 57.3 Å². The molecule has 1 aliphatic heterocycles. The molecule has 0 aliphatic carbocycles. The number of anilines is 1. The molecular formula is C33H35FN6O2. The highest BCUT2D eigenvalue weighted by Crippen LogP contribution is 2.35. The molecule has 0 saturated carbocycles. The molecule has 9 heteroatoms. The Hall–Kier alpha value is -4.66. The van der Waals surface area contributed by atoms with E-state index in [9.17, 15) is 9.59 Å². The molecule has 0 bridgehead atoms. The maximum absolute atomic E-state index is 16.1. The van der Waals surface area contributed by atoms with Gasteiger partial charge in [0.1, 0.15) is 17.3 Å². The monoisotopic (exact) mass is 566 g/mol. The first-order chi connectivity index (χ1) is 20.1. The zero-order valence-electron chi connectivity index (χ0n) is 24.6. The average molecular weight is 567 g/mol. The number of piperazine rings is 1. The van der Waals surface area contributed by atoms with Crippen LogP contribution in [-0.2, 0) is 4.79 Å². The minimum absolute atomic E-state index is 0.00143. The van der Waals surface area contributed by atoms with Crippen LogP contribution >= 0.6 is 0 Å². The van der Waals surface area contributed by atoms with Crippen LogP contribution in [0.3, 0.4) is 0 Å². The number of benzene rings is 1. The van der Waals surface area contributed by atoms with Crippen molar-refractivity contribution in [2.24, 2.45) is 0 Å². The van der Waals surface area contributed by atoms with Crippen molar-refractivity contribution >= 4 is 28.8 Å². The first-order valence-corrected chi connectivity index (χ1v) is 14.1. The largest absolute Gasteiger partial charge is 0.355 e. The number of aromatic nitrogens is 4. The van der Waals surface area contributed by atoms with Crippen LogP contribution in [0, 0.1) is 12.7 Å². The fourth-order valence-electron chi connectivity index (χ4n) is 5.92. The predicted octanol–water partition coefficient (Wildman–Crippen LogP) is 5.67. The zero-order valence-corrected chi connectivity index (χ0v) is 24.6. The van der Waals surface area contributed by atoms with Crippen molar-refractivity contribution in [3.8, 4) is 16.9 Å². The van der Waals surface area contributed by atoms with E-state index < -0.39 is 11.5 Å². The molecule has 2 atom stereocenters. The summed E-state index contributed by atoms with van der Waals surface area (Å²) in [5.74, 6) is -0.371. The van der Waals surface area contributed by atoms with Crippen LogP contribution in [0.5, 0.6) is 0 Å².